The number of phenols is 4. The van der Waals surface area contributed by atoms with Gasteiger partial charge in [-0.15, -0.1) is 0 Å². The lowest BCUT2D eigenvalue weighted by Crippen LogP contribution is -2.14. The van der Waals surface area contributed by atoms with Gasteiger partial charge in [-0.2, -0.15) is 0 Å². The maximum atomic E-state index is 12.0. The molecule has 2 aromatic rings. The van der Waals surface area contributed by atoms with Crippen LogP contribution in [0.15, 0.2) is 42.5 Å². The van der Waals surface area contributed by atoms with Crippen molar-refractivity contribution >= 4 is 12.0 Å². The van der Waals surface area contributed by atoms with E-state index in [4.69, 9.17) is 4.74 Å². The Morgan fingerprint density at radius 1 is 1.04 bits per heavy atom. The summed E-state index contributed by atoms with van der Waals surface area (Å²) in [6, 6.07) is 8.47. The fourth-order valence-electron chi connectivity index (χ4n) is 2.41. The molecule has 0 aliphatic heterocycles. The summed E-state index contributed by atoms with van der Waals surface area (Å²) >= 11 is 0. The van der Waals surface area contributed by atoms with Gasteiger partial charge in [0.2, 0.25) is 0 Å². The summed E-state index contributed by atoms with van der Waals surface area (Å²) in [5, 5.41) is 38.2. The Morgan fingerprint density at radius 3 is 2.28 bits per heavy atom. The van der Waals surface area contributed by atoms with E-state index in [-0.39, 0.29) is 23.0 Å². The first kappa shape index (κ1) is 18.2. The molecule has 25 heavy (non-hydrogen) atoms. The van der Waals surface area contributed by atoms with E-state index in [2.05, 4.69) is 0 Å². The molecule has 0 heterocycles. The first-order valence-electron chi connectivity index (χ1n) is 7.69. The van der Waals surface area contributed by atoms with Crippen LogP contribution in [0.1, 0.15) is 17.5 Å². The summed E-state index contributed by atoms with van der Waals surface area (Å²) in [7, 11) is 1.29. The second-order valence-electron chi connectivity index (χ2n) is 5.58. The Bertz CT molecular complexity index is 781. The van der Waals surface area contributed by atoms with Crippen molar-refractivity contribution in [2.75, 3.05) is 7.11 Å². The van der Waals surface area contributed by atoms with Crippen LogP contribution in [0.3, 0.4) is 0 Å². The van der Waals surface area contributed by atoms with Crippen LogP contribution < -0.4 is 0 Å². The third-order valence-corrected chi connectivity index (χ3v) is 3.82. The SMILES string of the molecule is COC(=O)C(C=Cc1ccc(O)cc1O)CCc1ccc(O)cc1O. The van der Waals surface area contributed by atoms with Crippen LogP contribution in [0.5, 0.6) is 23.0 Å². The van der Waals surface area contributed by atoms with Crippen LogP contribution in [0, 0.1) is 5.92 Å². The highest BCUT2D eigenvalue weighted by Crippen LogP contribution is 2.27. The minimum Gasteiger partial charge on any atom is -0.508 e. The van der Waals surface area contributed by atoms with Gasteiger partial charge in [0.25, 0.3) is 0 Å². The van der Waals surface area contributed by atoms with Gasteiger partial charge in [0.05, 0.1) is 13.0 Å². The van der Waals surface area contributed by atoms with E-state index in [0.29, 0.717) is 24.0 Å². The molecule has 4 N–H and O–H groups in total. The van der Waals surface area contributed by atoms with Gasteiger partial charge in [0, 0.05) is 17.7 Å². The number of benzene rings is 2. The monoisotopic (exact) mass is 344 g/mol. The Hall–Kier alpha value is -3.15. The van der Waals surface area contributed by atoms with E-state index in [1.165, 1.54) is 37.4 Å². The zero-order valence-corrected chi connectivity index (χ0v) is 13.7. The van der Waals surface area contributed by atoms with E-state index in [9.17, 15) is 25.2 Å². The number of rotatable bonds is 6. The Labute approximate surface area is 145 Å². The third kappa shape index (κ3) is 4.91. The van der Waals surface area contributed by atoms with Gasteiger partial charge >= 0.3 is 5.97 Å². The molecular weight excluding hydrogens is 324 g/mol. The van der Waals surface area contributed by atoms with Gasteiger partial charge in [-0.1, -0.05) is 18.2 Å². The average molecular weight is 344 g/mol. The molecule has 1 unspecified atom stereocenters. The lowest BCUT2D eigenvalue weighted by Gasteiger charge is -2.11. The fourth-order valence-corrected chi connectivity index (χ4v) is 2.41. The lowest BCUT2D eigenvalue weighted by molar-refractivity contribution is -0.143. The van der Waals surface area contributed by atoms with Crippen LogP contribution in [0.4, 0.5) is 0 Å². The van der Waals surface area contributed by atoms with Crippen LogP contribution in [0.25, 0.3) is 6.08 Å². The van der Waals surface area contributed by atoms with Gasteiger partial charge in [-0.3, -0.25) is 4.79 Å². The molecule has 0 radical (unpaired) electrons. The number of hydrogen-bond donors (Lipinski definition) is 4. The molecule has 0 spiro atoms. The zero-order valence-electron chi connectivity index (χ0n) is 13.7. The molecule has 0 aliphatic carbocycles. The molecule has 0 saturated carbocycles. The van der Waals surface area contributed by atoms with E-state index in [1.807, 2.05) is 0 Å². The predicted molar refractivity (Wildman–Crippen MR) is 92.4 cm³/mol. The van der Waals surface area contributed by atoms with Crippen LogP contribution in [0.2, 0.25) is 0 Å². The van der Waals surface area contributed by atoms with Crippen LogP contribution in [-0.2, 0) is 16.0 Å². The largest absolute Gasteiger partial charge is 0.508 e. The number of aromatic hydroxyl groups is 4. The molecule has 0 saturated heterocycles. The number of methoxy groups -OCH3 is 1. The smallest absolute Gasteiger partial charge is 0.312 e. The van der Waals surface area contributed by atoms with Crippen LogP contribution >= 0.6 is 0 Å². The summed E-state index contributed by atoms with van der Waals surface area (Å²) in [4.78, 5) is 12.0. The molecule has 2 aromatic carbocycles. The number of ether oxygens (including phenoxy) is 1. The number of carbonyl (C=O) groups is 1. The van der Waals surface area contributed by atoms with Crippen molar-refractivity contribution in [1.82, 2.24) is 0 Å². The highest BCUT2D eigenvalue weighted by atomic mass is 16.5. The Balaban J connectivity index is 2.13. The maximum Gasteiger partial charge on any atom is 0.312 e. The van der Waals surface area contributed by atoms with Gasteiger partial charge in [-0.05, 0) is 36.6 Å². The van der Waals surface area contributed by atoms with Gasteiger partial charge in [0.15, 0.2) is 0 Å². The molecule has 2 rings (SSSR count). The molecule has 132 valence electrons. The van der Waals surface area contributed by atoms with Crippen molar-refractivity contribution in [3.8, 4) is 23.0 Å². The predicted octanol–water partition coefficient (Wildman–Crippen LogP) is 2.94. The molecule has 6 nitrogen and oxygen atoms in total. The van der Waals surface area contributed by atoms with E-state index in [1.54, 1.807) is 18.2 Å². The second-order valence-corrected chi connectivity index (χ2v) is 5.58. The first-order chi connectivity index (χ1) is 11.9. The number of esters is 1. The third-order valence-electron chi connectivity index (χ3n) is 3.82. The van der Waals surface area contributed by atoms with E-state index in [0.717, 1.165) is 0 Å². The van der Waals surface area contributed by atoms with Gasteiger partial charge < -0.3 is 25.2 Å². The highest BCUT2D eigenvalue weighted by molar-refractivity contribution is 5.76. The van der Waals surface area contributed by atoms with Crippen LogP contribution in [-0.4, -0.2) is 33.5 Å². The fraction of sp³-hybridized carbons (Fsp3) is 0.211. The van der Waals surface area contributed by atoms with E-state index < -0.39 is 11.9 Å². The summed E-state index contributed by atoms with van der Waals surface area (Å²) in [5.74, 6) is -1.24. The van der Waals surface area contributed by atoms with Gasteiger partial charge in [0.1, 0.15) is 23.0 Å². The number of hydrogen-bond acceptors (Lipinski definition) is 6. The van der Waals surface area contributed by atoms with Crippen molar-refractivity contribution in [1.29, 1.82) is 0 Å². The van der Waals surface area contributed by atoms with Crippen molar-refractivity contribution in [2.24, 2.45) is 5.92 Å². The second kappa shape index (κ2) is 8.10. The molecule has 1 atom stereocenters. The Morgan fingerprint density at radius 2 is 1.68 bits per heavy atom. The molecule has 0 aliphatic rings. The number of carbonyl (C=O) groups excluding carboxylic acids is 1. The summed E-state index contributed by atoms with van der Waals surface area (Å²) in [6.07, 6.45) is 3.96. The molecule has 0 bridgehead atoms. The quantitative estimate of drug-likeness (QED) is 0.600. The lowest BCUT2D eigenvalue weighted by atomic mass is 9.97. The molecule has 6 heteroatoms. The minimum absolute atomic E-state index is 0.0338. The summed E-state index contributed by atoms with van der Waals surface area (Å²) in [5.41, 5.74) is 1.06. The van der Waals surface area contributed by atoms with Crippen molar-refractivity contribution < 1.29 is 30.0 Å². The molecule has 0 amide bonds. The topological polar surface area (TPSA) is 107 Å². The summed E-state index contributed by atoms with van der Waals surface area (Å²) < 4.78 is 4.79. The van der Waals surface area contributed by atoms with Crippen molar-refractivity contribution in [3.05, 3.63) is 53.6 Å². The minimum atomic E-state index is -0.577. The zero-order chi connectivity index (χ0) is 18.4. The average Bonchev–Trinajstić information content (AvgIpc) is 2.57. The van der Waals surface area contributed by atoms with E-state index >= 15 is 0 Å². The standard InChI is InChI=1S/C19H20O6/c1-25-19(24)14(4-2-12-6-8-15(20)10-17(12)22)5-3-13-7-9-16(21)11-18(13)23/h2,4,6-11,14,20-23H,3,5H2,1H3. The summed E-state index contributed by atoms with van der Waals surface area (Å²) in [6.45, 7) is 0. The highest BCUT2D eigenvalue weighted by Gasteiger charge is 2.17. The first-order valence-corrected chi connectivity index (χ1v) is 7.69. The van der Waals surface area contributed by atoms with Crippen molar-refractivity contribution in [3.63, 3.8) is 0 Å². The number of aryl methyl sites for hydroxylation is 1. The number of phenolic OH excluding ortho intramolecular Hbond substituents is 4. The van der Waals surface area contributed by atoms with Crippen molar-refractivity contribution in [2.45, 2.75) is 12.8 Å². The van der Waals surface area contributed by atoms with Gasteiger partial charge in [-0.25, -0.2) is 0 Å². The maximum absolute atomic E-state index is 12.0. The molecular formula is C19H20O6. The molecule has 0 aromatic heterocycles. The Kier molecular flexibility index (Phi) is 5.89. The molecule has 0 fully saturated rings. The normalized spacial score (nSPS) is 12.2.